The van der Waals surface area contributed by atoms with Crippen molar-refractivity contribution in [2.75, 3.05) is 0 Å². The van der Waals surface area contributed by atoms with E-state index >= 15 is 0 Å². The first kappa shape index (κ1) is 10.3. The maximum atomic E-state index is 12.2. The van der Waals surface area contributed by atoms with Crippen molar-refractivity contribution < 1.29 is 17.6 Å². The smallest absolute Gasteiger partial charge is 0.225 e. The van der Waals surface area contributed by atoms with Crippen molar-refractivity contribution >= 4 is 23.2 Å². The van der Waals surface area contributed by atoms with E-state index in [4.69, 9.17) is 0 Å². The van der Waals surface area contributed by atoms with Gasteiger partial charge in [0.15, 0.2) is 5.38 Å². The molecule has 6 heteroatoms. The Morgan fingerprint density at radius 3 is 1.50 bits per heavy atom. The van der Waals surface area contributed by atoms with Crippen molar-refractivity contribution in [3.8, 4) is 0 Å². The van der Waals surface area contributed by atoms with Gasteiger partial charge in [-0.25, -0.2) is 4.39 Å². The lowest BCUT2D eigenvalue weighted by molar-refractivity contribution is -0.144. The first-order valence-electron chi connectivity index (χ1n) is 2.24. The third kappa shape index (κ3) is 2.92. The van der Waals surface area contributed by atoms with Crippen molar-refractivity contribution in [3.05, 3.63) is 0 Å². The number of hydrogen-bond donors (Lipinski definition) is 0. The number of rotatable bonds is 1. The fourth-order valence-corrected chi connectivity index (χ4v) is 0.411. The van der Waals surface area contributed by atoms with Crippen LogP contribution in [-0.4, -0.2) is 16.7 Å². The Morgan fingerprint density at radius 1 is 1.20 bits per heavy atom. The van der Waals surface area contributed by atoms with Gasteiger partial charge in [-0.2, -0.15) is 13.2 Å². The molecule has 0 aromatic carbocycles. The van der Waals surface area contributed by atoms with Crippen LogP contribution in [0.2, 0.25) is 0 Å². The standard InChI is InChI=1S/C4H4Cl2F4/c1-3(6,7)2(5)4(8,9)10/h2H,1H3/t2-,3+/m1/s1. The van der Waals surface area contributed by atoms with Gasteiger partial charge in [0.2, 0.25) is 5.13 Å². The van der Waals surface area contributed by atoms with Crippen LogP contribution in [0.4, 0.5) is 17.6 Å². The van der Waals surface area contributed by atoms with Crippen LogP contribution >= 0.6 is 23.2 Å². The van der Waals surface area contributed by atoms with E-state index in [-0.39, 0.29) is 0 Å². The molecular formula is C4H4Cl2F4. The minimum atomic E-state index is -4.80. The van der Waals surface area contributed by atoms with E-state index in [1.54, 1.807) is 0 Å². The van der Waals surface area contributed by atoms with Gasteiger partial charge in [-0.05, 0) is 6.92 Å². The summed E-state index contributed by atoms with van der Waals surface area (Å²) < 4.78 is 46.7. The number of hydrogen-bond acceptors (Lipinski definition) is 0. The summed E-state index contributed by atoms with van der Waals surface area (Å²) in [6, 6.07) is 0. The van der Waals surface area contributed by atoms with E-state index < -0.39 is 16.7 Å². The Labute approximate surface area is 65.1 Å². The zero-order valence-corrected chi connectivity index (χ0v) is 6.36. The van der Waals surface area contributed by atoms with Crippen molar-refractivity contribution in [2.45, 2.75) is 23.6 Å². The van der Waals surface area contributed by atoms with Crippen LogP contribution in [0.15, 0.2) is 0 Å². The molecule has 2 atom stereocenters. The Bertz CT molecular complexity index is 99.4. The average molecular weight is 199 g/mol. The molecule has 0 aromatic rings. The van der Waals surface area contributed by atoms with Crippen LogP contribution < -0.4 is 0 Å². The molecule has 0 nitrogen and oxygen atoms in total. The third-order valence-electron chi connectivity index (χ3n) is 0.732. The molecule has 0 aromatic heterocycles. The monoisotopic (exact) mass is 198 g/mol. The number of alkyl halides is 6. The predicted octanol–water partition coefficient (Wildman–Crippen LogP) is 3.08. The second-order valence-electron chi connectivity index (χ2n) is 1.86. The SMILES string of the molecule is C[C@@](F)(Cl)[C@@H](Cl)C(F)(F)F. The van der Waals surface area contributed by atoms with Gasteiger partial charge < -0.3 is 0 Å². The molecule has 0 heterocycles. The van der Waals surface area contributed by atoms with Crippen LogP contribution in [-0.2, 0) is 0 Å². The lowest BCUT2D eigenvalue weighted by Crippen LogP contribution is -2.37. The molecule has 0 rings (SSSR count). The second kappa shape index (κ2) is 2.74. The highest BCUT2D eigenvalue weighted by Crippen LogP contribution is 2.37. The Balaban J connectivity index is 4.23. The summed E-state index contributed by atoms with van der Waals surface area (Å²) in [7, 11) is 0. The third-order valence-corrected chi connectivity index (χ3v) is 1.72. The summed E-state index contributed by atoms with van der Waals surface area (Å²) in [6.07, 6.45) is -4.80. The Kier molecular flexibility index (Phi) is 2.82. The van der Waals surface area contributed by atoms with Crippen LogP contribution in [0, 0.1) is 0 Å². The molecule has 0 saturated heterocycles. The van der Waals surface area contributed by atoms with Crippen molar-refractivity contribution in [1.82, 2.24) is 0 Å². The molecular weight excluding hydrogens is 195 g/mol. The molecule has 0 fully saturated rings. The molecule has 0 N–H and O–H groups in total. The lowest BCUT2D eigenvalue weighted by Gasteiger charge is -2.20. The maximum Gasteiger partial charge on any atom is 0.409 e. The predicted molar refractivity (Wildman–Crippen MR) is 31.1 cm³/mol. The lowest BCUT2D eigenvalue weighted by atomic mass is 10.3. The van der Waals surface area contributed by atoms with Gasteiger partial charge in [0.05, 0.1) is 0 Å². The summed E-state index contributed by atoms with van der Waals surface area (Å²) in [4.78, 5) is 0. The van der Waals surface area contributed by atoms with Gasteiger partial charge in [0, 0.05) is 0 Å². The van der Waals surface area contributed by atoms with E-state index in [0.29, 0.717) is 6.92 Å². The molecule has 0 aliphatic carbocycles. The summed E-state index contributed by atoms with van der Waals surface area (Å²) in [6.45, 7) is 0.555. The van der Waals surface area contributed by atoms with E-state index in [1.807, 2.05) is 0 Å². The largest absolute Gasteiger partial charge is 0.409 e. The molecule has 0 aliphatic rings. The highest BCUT2D eigenvalue weighted by Gasteiger charge is 2.50. The maximum absolute atomic E-state index is 12.2. The first-order chi connectivity index (χ1) is 4.15. The van der Waals surface area contributed by atoms with E-state index in [9.17, 15) is 17.6 Å². The normalized spacial score (nSPS) is 21.9. The van der Waals surface area contributed by atoms with Gasteiger partial charge in [-0.15, -0.1) is 11.6 Å². The minimum Gasteiger partial charge on any atom is -0.225 e. The molecule has 0 bridgehead atoms. The van der Waals surface area contributed by atoms with E-state index in [0.717, 1.165) is 0 Å². The highest BCUT2D eigenvalue weighted by molar-refractivity contribution is 6.31. The van der Waals surface area contributed by atoms with Gasteiger partial charge in [-0.1, -0.05) is 11.6 Å². The van der Waals surface area contributed by atoms with Crippen LogP contribution in [0.1, 0.15) is 6.92 Å². The van der Waals surface area contributed by atoms with Gasteiger partial charge >= 0.3 is 6.18 Å². The molecule has 0 radical (unpaired) electrons. The zero-order chi connectivity index (χ0) is 8.58. The van der Waals surface area contributed by atoms with Gasteiger partial charge in [-0.3, -0.25) is 0 Å². The zero-order valence-electron chi connectivity index (χ0n) is 4.85. The topological polar surface area (TPSA) is 0 Å². The van der Waals surface area contributed by atoms with Crippen LogP contribution in [0.25, 0.3) is 0 Å². The van der Waals surface area contributed by atoms with E-state index in [1.165, 1.54) is 0 Å². The highest BCUT2D eigenvalue weighted by atomic mass is 35.5. The molecule has 0 saturated carbocycles. The molecule has 0 aliphatic heterocycles. The fraction of sp³-hybridized carbons (Fsp3) is 1.00. The fourth-order valence-electron chi connectivity index (χ4n) is 0.287. The number of halogens is 6. The summed E-state index contributed by atoms with van der Waals surface area (Å²) in [5.74, 6) is 0. The quantitative estimate of drug-likeness (QED) is 0.449. The van der Waals surface area contributed by atoms with E-state index in [2.05, 4.69) is 23.2 Å². The van der Waals surface area contributed by atoms with Crippen LogP contribution in [0.3, 0.4) is 0 Å². The molecule has 0 unspecified atom stereocenters. The van der Waals surface area contributed by atoms with Crippen molar-refractivity contribution in [1.29, 1.82) is 0 Å². The van der Waals surface area contributed by atoms with Crippen LogP contribution in [0.5, 0.6) is 0 Å². The first-order valence-corrected chi connectivity index (χ1v) is 3.05. The summed E-state index contributed by atoms with van der Waals surface area (Å²) in [5, 5.41) is -5.61. The molecule has 0 spiro atoms. The average Bonchev–Trinajstić information content (AvgIpc) is 1.59. The molecule has 0 amide bonds. The Hall–Kier alpha value is 0.300. The summed E-state index contributed by atoms with van der Waals surface area (Å²) >= 11 is 9.25. The van der Waals surface area contributed by atoms with Crippen molar-refractivity contribution in [2.24, 2.45) is 0 Å². The van der Waals surface area contributed by atoms with Gasteiger partial charge in [0.25, 0.3) is 0 Å². The molecule has 62 valence electrons. The minimum absolute atomic E-state index is 0.555. The second-order valence-corrected chi connectivity index (χ2v) is 3.04. The Morgan fingerprint density at radius 2 is 1.50 bits per heavy atom. The van der Waals surface area contributed by atoms with Gasteiger partial charge in [0.1, 0.15) is 0 Å². The summed E-state index contributed by atoms with van der Waals surface area (Å²) in [5.41, 5.74) is 0. The molecule has 10 heavy (non-hydrogen) atoms. The van der Waals surface area contributed by atoms with Crippen molar-refractivity contribution in [3.63, 3.8) is 0 Å².